The van der Waals surface area contributed by atoms with Crippen molar-refractivity contribution in [1.29, 1.82) is 0 Å². The van der Waals surface area contributed by atoms with Gasteiger partial charge in [0.25, 0.3) is 5.91 Å². The van der Waals surface area contributed by atoms with Gasteiger partial charge in [0.05, 0.1) is 12.2 Å². The van der Waals surface area contributed by atoms with Crippen molar-refractivity contribution in [1.82, 2.24) is 5.32 Å². The fourth-order valence-electron chi connectivity index (χ4n) is 3.31. The predicted octanol–water partition coefficient (Wildman–Crippen LogP) is 3.93. The van der Waals surface area contributed by atoms with Gasteiger partial charge >= 0.3 is 11.9 Å². The van der Waals surface area contributed by atoms with Crippen LogP contribution in [0.1, 0.15) is 46.0 Å². The largest absolute Gasteiger partial charge is 0.508 e. The van der Waals surface area contributed by atoms with E-state index in [0.717, 1.165) is 12.8 Å². The van der Waals surface area contributed by atoms with Gasteiger partial charge in [-0.1, -0.05) is 37.6 Å². The molecule has 0 radical (unpaired) electrons. The molecule has 166 valence electrons. The van der Waals surface area contributed by atoms with Crippen molar-refractivity contribution in [3.8, 4) is 5.75 Å². The van der Waals surface area contributed by atoms with Crippen LogP contribution in [0.2, 0.25) is 0 Å². The number of carbonyl (C=O) groups excluding carboxylic acids is 2. The summed E-state index contributed by atoms with van der Waals surface area (Å²) in [6.45, 7) is 2.36. The molecule has 0 heterocycles. The van der Waals surface area contributed by atoms with Crippen molar-refractivity contribution in [3.05, 3.63) is 77.4 Å². The highest BCUT2D eigenvalue weighted by atomic mass is 16.5. The molecule has 0 aromatic heterocycles. The molecule has 0 unspecified atom stereocenters. The number of phenolic OH excluding ortho intramolecular Hbond substituents is 1. The maximum absolute atomic E-state index is 12.8. The molecule has 0 saturated heterocycles. The SMILES string of the molecule is CCCCOC(=O)c1ccc(C[C@H](NC(=O)c2cccc3cc(O)ccc23)C(=O)O)cc1. The summed E-state index contributed by atoms with van der Waals surface area (Å²) in [5.74, 6) is -2.03. The molecule has 0 aliphatic heterocycles. The van der Waals surface area contributed by atoms with E-state index in [0.29, 0.717) is 34.1 Å². The Kier molecular flexibility index (Phi) is 7.44. The van der Waals surface area contributed by atoms with Gasteiger partial charge in [0, 0.05) is 12.0 Å². The van der Waals surface area contributed by atoms with E-state index >= 15 is 0 Å². The molecule has 0 fully saturated rings. The first-order valence-electron chi connectivity index (χ1n) is 10.4. The number of hydrogen-bond acceptors (Lipinski definition) is 5. The molecule has 1 amide bonds. The van der Waals surface area contributed by atoms with Crippen LogP contribution in [-0.2, 0) is 16.0 Å². The van der Waals surface area contributed by atoms with Gasteiger partial charge in [-0.2, -0.15) is 0 Å². The molecule has 32 heavy (non-hydrogen) atoms. The normalized spacial score (nSPS) is 11.7. The Labute approximate surface area is 185 Å². The van der Waals surface area contributed by atoms with E-state index in [9.17, 15) is 24.6 Å². The summed E-state index contributed by atoms with van der Waals surface area (Å²) in [5.41, 5.74) is 1.37. The molecule has 0 spiro atoms. The van der Waals surface area contributed by atoms with Gasteiger partial charge < -0.3 is 20.3 Å². The third kappa shape index (κ3) is 5.63. The summed E-state index contributed by atoms with van der Waals surface area (Å²) in [6.07, 6.45) is 1.77. The zero-order valence-corrected chi connectivity index (χ0v) is 17.7. The first-order chi connectivity index (χ1) is 15.4. The lowest BCUT2D eigenvalue weighted by atomic mass is 10.0. The number of rotatable bonds is 9. The van der Waals surface area contributed by atoms with E-state index in [1.165, 1.54) is 12.1 Å². The third-order valence-corrected chi connectivity index (χ3v) is 5.07. The number of esters is 1. The number of aromatic hydroxyl groups is 1. The number of hydrogen-bond donors (Lipinski definition) is 3. The molecule has 1 atom stereocenters. The fourth-order valence-corrected chi connectivity index (χ4v) is 3.31. The molecule has 0 aliphatic carbocycles. The lowest BCUT2D eigenvalue weighted by Gasteiger charge is -2.16. The van der Waals surface area contributed by atoms with Crippen LogP contribution < -0.4 is 5.32 Å². The summed E-state index contributed by atoms with van der Waals surface area (Å²) in [7, 11) is 0. The van der Waals surface area contributed by atoms with Crippen LogP contribution in [-0.4, -0.2) is 40.7 Å². The Morgan fingerprint density at radius 2 is 1.78 bits per heavy atom. The topological polar surface area (TPSA) is 113 Å². The van der Waals surface area contributed by atoms with Crippen LogP contribution in [0, 0.1) is 0 Å². The lowest BCUT2D eigenvalue weighted by Crippen LogP contribution is -2.42. The minimum absolute atomic E-state index is 0.0534. The van der Waals surface area contributed by atoms with Crippen LogP contribution in [0.4, 0.5) is 0 Å². The van der Waals surface area contributed by atoms with Crippen LogP contribution >= 0.6 is 0 Å². The average Bonchev–Trinajstić information content (AvgIpc) is 2.78. The minimum atomic E-state index is -1.17. The van der Waals surface area contributed by atoms with E-state index in [1.807, 2.05) is 6.92 Å². The predicted molar refractivity (Wildman–Crippen MR) is 120 cm³/mol. The molecule has 7 nitrogen and oxygen atoms in total. The summed E-state index contributed by atoms with van der Waals surface area (Å²) < 4.78 is 5.17. The van der Waals surface area contributed by atoms with Gasteiger partial charge in [0.15, 0.2) is 0 Å². The molecule has 0 saturated carbocycles. The van der Waals surface area contributed by atoms with E-state index in [4.69, 9.17) is 4.74 Å². The number of benzene rings is 3. The quantitative estimate of drug-likeness (QED) is 0.347. The van der Waals surface area contributed by atoms with Gasteiger partial charge in [-0.25, -0.2) is 9.59 Å². The summed E-state index contributed by atoms with van der Waals surface area (Å²) >= 11 is 0. The first-order valence-corrected chi connectivity index (χ1v) is 10.4. The van der Waals surface area contributed by atoms with E-state index < -0.39 is 23.9 Å². The summed E-state index contributed by atoms with van der Waals surface area (Å²) in [4.78, 5) is 36.6. The third-order valence-electron chi connectivity index (χ3n) is 5.07. The Bertz CT molecular complexity index is 1120. The highest BCUT2D eigenvalue weighted by molar-refractivity contribution is 6.08. The summed E-state index contributed by atoms with van der Waals surface area (Å²) in [6, 6.07) is 15.0. The fraction of sp³-hybridized carbons (Fsp3) is 0.240. The molecule has 3 aromatic carbocycles. The second kappa shape index (κ2) is 10.4. The number of carboxylic acids is 1. The van der Waals surface area contributed by atoms with Gasteiger partial charge in [-0.3, -0.25) is 4.79 Å². The van der Waals surface area contributed by atoms with Gasteiger partial charge in [-0.05, 0) is 59.2 Å². The highest BCUT2D eigenvalue weighted by Gasteiger charge is 2.22. The second-order valence-electron chi connectivity index (χ2n) is 7.47. The molecular formula is C25H25NO6. The van der Waals surface area contributed by atoms with E-state index in [2.05, 4.69) is 5.32 Å². The number of aliphatic carboxylic acids is 1. The van der Waals surface area contributed by atoms with Crippen molar-refractivity contribution >= 4 is 28.6 Å². The molecular weight excluding hydrogens is 410 g/mol. The number of carboxylic acid groups (broad SMARTS) is 1. The summed E-state index contributed by atoms with van der Waals surface area (Å²) in [5, 5.41) is 23.1. The standard InChI is InChI=1S/C25H25NO6/c1-2-3-13-32-25(31)17-9-7-16(8-10-17)14-22(24(29)30)26-23(28)21-6-4-5-18-15-19(27)11-12-20(18)21/h4-12,15,22,27H,2-3,13-14H2,1H3,(H,26,28)(H,29,30)/t22-/m0/s1. The average molecular weight is 435 g/mol. The smallest absolute Gasteiger partial charge is 0.338 e. The Hall–Kier alpha value is -3.87. The van der Waals surface area contributed by atoms with Crippen LogP contribution in [0.25, 0.3) is 10.8 Å². The van der Waals surface area contributed by atoms with Crippen LogP contribution in [0.5, 0.6) is 5.75 Å². The number of fused-ring (bicyclic) bond motifs is 1. The van der Waals surface area contributed by atoms with Crippen molar-refractivity contribution in [3.63, 3.8) is 0 Å². The van der Waals surface area contributed by atoms with E-state index in [-0.39, 0.29) is 12.2 Å². The van der Waals surface area contributed by atoms with Crippen LogP contribution in [0.3, 0.4) is 0 Å². The first kappa shape index (κ1) is 22.8. The molecule has 7 heteroatoms. The Morgan fingerprint density at radius 3 is 2.47 bits per heavy atom. The number of unbranched alkanes of at least 4 members (excludes halogenated alkanes) is 1. The monoisotopic (exact) mass is 435 g/mol. The molecule has 0 aliphatic rings. The maximum atomic E-state index is 12.8. The molecule has 3 aromatic rings. The lowest BCUT2D eigenvalue weighted by molar-refractivity contribution is -0.139. The zero-order chi connectivity index (χ0) is 23.1. The van der Waals surface area contributed by atoms with Crippen molar-refractivity contribution in [2.45, 2.75) is 32.2 Å². The number of phenols is 1. The second-order valence-corrected chi connectivity index (χ2v) is 7.47. The zero-order valence-electron chi connectivity index (χ0n) is 17.7. The molecule has 0 bridgehead atoms. The number of ether oxygens (including phenoxy) is 1. The van der Waals surface area contributed by atoms with Crippen molar-refractivity contribution in [2.24, 2.45) is 0 Å². The Balaban J connectivity index is 1.71. The minimum Gasteiger partial charge on any atom is -0.508 e. The molecule has 3 N–H and O–H groups in total. The molecule has 3 rings (SSSR count). The van der Waals surface area contributed by atoms with Gasteiger partial charge in [0.2, 0.25) is 0 Å². The van der Waals surface area contributed by atoms with E-state index in [1.54, 1.807) is 48.5 Å². The number of nitrogens with one attached hydrogen (secondary N) is 1. The van der Waals surface area contributed by atoms with Crippen LogP contribution in [0.15, 0.2) is 60.7 Å². The number of carbonyl (C=O) groups is 3. The van der Waals surface area contributed by atoms with Gasteiger partial charge in [-0.15, -0.1) is 0 Å². The highest BCUT2D eigenvalue weighted by Crippen LogP contribution is 2.23. The number of amides is 1. The van der Waals surface area contributed by atoms with Gasteiger partial charge in [0.1, 0.15) is 11.8 Å². The Morgan fingerprint density at radius 1 is 1.03 bits per heavy atom. The van der Waals surface area contributed by atoms with Crippen molar-refractivity contribution in [2.75, 3.05) is 6.61 Å². The maximum Gasteiger partial charge on any atom is 0.338 e. The van der Waals surface area contributed by atoms with Crippen molar-refractivity contribution < 1.29 is 29.3 Å².